The molecule has 0 amide bonds. The second kappa shape index (κ2) is 2.81. The van der Waals surface area contributed by atoms with Gasteiger partial charge in [-0.3, -0.25) is 0 Å². The lowest BCUT2D eigenvalue weighted by Gasteiger charge is -1.99. The third-order valence-corrected chi connectivity index (χ3v) is 1.15. The Bertz CT molecular complexity index is 209. The van der Waals surface area contributed by atoms with Gasteiger partial charge in [0.05, 0.1) is 5.69 Å². The van der Waals surface area contributed by atoms with E-state index in [9.17, 15) is 0 Å². The molecular weight excluding hydrogens is 132 g/mol. The first-order valence-electron chi connectivity index (χ1n) is 3.04. The van der Waals surface area contributed by atoms with E-state index in [1.165, 1.54) is 6.26 Å². The summed E-state index contributed by atoms with van der Waals surface area (Å²) in [6, 6.07) is 0. The predicted molar refractivity (Wildman–Crippen MR) is 35.3 cm³/mol. The Morgan fingerprint density at radius 2 is 2.60 bits per heavy atom. The fourth-order valence-electron chi connectivity index (χ4n) is 0.626. The maximum atomic E-state index is 9.06. The summed E-state index contributed by atoms with van der Waals surface area (Å²) in [5, 5.41) is 9.06. The standard InChI is InChI=1S/C6H10N2O2/c1-4-3-10-6(8-4)5(9)2-7/h3,5,9H,2,7H2,1H3. The van der Waals surface area contributed by atoms with Crippen molar-refractivity contribution in [2.24, 2.45) is 5.73 Å². The molecule has 4 heteroatoms. The highest BCUT2D eigenvalue weighted by atomic mass is 16.4. The van der Waals surface area contributed by atoms with Crippen molar-refractivity contribution in [1.82, 2.24) is 4.98 Å². The summed E-state index contributed by atoms with van der Waals surface area (Å²) in [6.07, 6.45) is 0.711. The first kappa shape index (κ1) is 7.24. The zero-order chi connectivity index (χ0) is 7.56. The molecule has 1 aromatic heterocycles. The molecule has 1 aromatic rings. The first-order valence-corrected chi connectivity index (χ1v) is 3.04. The molecule has 0 radical (unpaired) electrons. The van der Waals surface area contributed by atoms with E-state index in [0.717, 1.165) is 5.69 Å². The largest absolute Gasteiger partial charge is 0.446 e. The summed E-state index contributed by atoms with van der Waals surface area (Å²) >= 11 is 0. The normalized spacial score (nSPS) is 13.5. The summed E-state index contributed by atoms with van der Waals surface area (Å²) in [5.41, 5.74) is 5.92. The highest BCUT2D eigenvalue weighted by Gasteiger charge is 2.09. The molecule has 3 N–H and O–H groups in total. The Labute approximate surface area is 58.7 Å². The van der Waals surface area contributed by atoms with Gasteiger partial charge in [-0.2, -0.15) is 0 Å². The molecule has 1 rings (SSSR count). The van der Waals surface area contributed by atoms with Gasteiger partial charge < -0.3 is 15.3 Å². The fourth-order valence-corrected chi connectivity index (χ4v) is 0.626. The summed E-state index contributed by atoms with van der Waals surface area (Å²) in [5.74, 6) is 0.292. The van der Waals surface area contributed by atoms with Gasteiger partial charge in [-0.15, -0.1) is 0 Å². The minimum Gasteiger partial charge on any atom is -0.446 e. The quantitative estimate of drug-likeness (QED) is 0.608. The predicted octanol–water partition coefficient (Wildman–Crippen LogP) is -0.0249. The molecule has 1 atom stereocenters. The molecule has 1 heterocycles. The lowest BCUT2D eigenvalue weighted by molar-refractivity contribution is 0.151. The van der Waals surface area contributed by atoms with Gasteiger partial charge in [0.15, 0.2) is 0 Å². The summed E-state index contributed by atoms with van der Waals surface area (Å²) < 4.78 is 4.88. The van der Waals surface area contributed by atoms with E-state index in [2.05, 4.69) is 4.98 Å². The van der Waals surface area contributed by atoms with Crippen molar-refractivity contribution in [3.05, 3.63) is 17.8 Å². The molecule has 0 aliphatic rings. The molecule has 0 fully saturated rings. The average molecular weight is 142 g/mol. The van der Waals surface area contributed by atoms with Gasteiger partial charge in [-0.1, -0.05) is 0 Å². The smallest absolute Gasteiger partial charge is 0.224 e. The first-order chi connectivity index (χ1) is 4.74. The second-order valence-corrected chi connectivity index (χ2v) is 2.08. The van der Waals surface area contributed by atoms with Gasteiger partial charge in [0.1, 0.15) is 12.4 Å². The Hall–Kier alpha value is -0.870. The van der Waals surface area contributed by atoms with Crippen LogP contribution in [0.3, 0.4) is 0 Å². The number of rotatable bonds is 2. The average Bonchev–Trinajstić information content (AvgIpc) is 2.34. The molecule has 0 bridgehead atoms. The summed E-state index contributed by atoms with van der Waals surface area (Å²) in [6.45, 7) is 1.93. The van der Waals surface area contributed by atoms with E-state index in [-0.39, 0.29) is 6.54 Å². The SMILES string of the molecule is Cc1coc(C(O)CN)n1. The molecule has 0 aliphatic carbocycles. The van der Waals surface area contributed by atoms with Gasteiger partial charge in [0.25, 0.3) is 0 Å². The van der Waals surface area contributed by atoms with Crippen molar-refractivity contribution in [2.75, 3.05) is 6.54 Å². The molecule has 4 nitrogen and oxygen atoms in total. The number of hydrogen-bond acceptors (Lipinski definition) is 4. The van der Waals surface area contributed by atoms with Crippen LogP contribution in [-0.2, 0) is 0 Å². The lowest BCUT2D eigenvalue weighted by Crippen LogP contribution is -2.11. The number of aliphatic hydroxyl groups excluding tert-OH is 1. The number of nitrogens with two attached hydrogens (primary N) is 1. The van der Waals surface area contributed by atoms with E-state index in [1.54, 1.807) is 6.92 Å². The number of aromatic nitrogens is 1. The van der Waals surface area contributed by atoms with Crippen LogP contribution < -0.4 is 5.73 Å². The maximum Gasteiger partial charge on any atom is 0.224 e. The maximum absolute atomic E-state index is 9.06. The van der Waals surface area contributed by atoms with Crippen molar-refractivity contribution in [3.8, 4) is 0 Å². The summed E-state index contributed by atoms with van der Waals surface area (Å²) in [7, 11) is 0. The Balaban J connectivity index is 2.74. The van der Waals surface area contributed by atoms with Gasteiger partial charge in [0, 0.05) is 6.54 Å². The number of oxazole rings is 1. The fraction of sp³-hybridized carbons (Fsp3) is 0.500. The van der Waals surface area contributed by atoms with Gasteiger partial charge in [0.2, 0.25) is 5.89 Å². The molecule has 0 saturated carbocycles. The highest BCUT2D eigenvalue weighted by Crippen LogP contribution is 2.09. The van der Waals surface area contributed by atoms with E-state index >= 15 is 0 Å². The van der Waals surface area contributed by atoms with Crippen molar-refractivity contribution in [3.63, 3.8) is 0 Å². The van der Waals surface area contributed by atoms with Crippen LogP contribution in [-0.4, -0.2) is 16.6 Å². The van der Waals surface area contributed by atoms with Gasteiger partial charge in [-0.25, -0.2) is 4.98 Å². The van der Waals surface area contributed by atoms with Crippen LogP contribution in [0.2, 0.25) is 0 Å². The summed E-state index contributed by atoms with van der Waals surface area (Å²) in [4.78, 5) is 3.88. The van der Waals surface area contributed by atoms with Crippen molar-refractivity contribution < 1.29 is 9.52 Å². The van der Waals surface area contributed by atoms with Gasteiger partial charge >= 0.3 is 0 Å². The number of aliphatic hydroxyl groups is 1. The monoisotopic (exact) mass is 142 g/mol. The molecule has 1 unspecified atom stereocenters. The Morgan fingerprint density at radius 1 is 1.90 bits per heavy atom. The molecular formula is C6H10N2O2. The molecule has 10 heavy (non-hydrogen) atoms. The highest BCUT2D eigenvalue weighted by molar-refractivity contribution is 4.95. The van der Waals surface area contributed by atoms with Crippen LogP contribution in [0.4, 0.5) is 0 Å². The molecule has 0 spiro atoms. The molecule has 0 saturated heterocycles. The van der Waals surface area contributed by atoms with Crippen LogP contribution in [0.5, 0.6) is 0 Å². The lowest BCUT2D eigenvalue weighted by atomic mass is 10.4. The van der Waals surface area contributed by atoms with Crippen LogP contribution in [0.1, 0.15) is 17.7 Å². The number of aryl methyl sites for hydroxylation is 1. The Kier molecular flexibility index (Phi) is 2.03. The third-order valence-electron chi connectivity index (χ3n) is 1.15. The minimum absolute atomic E-state index is 0.139. The molecule has 0 aliphatic heterocycles. The van der Waals surface area contributed by atoms with E-state index in [0.29, 0.717) is 5.89 Å². The van der Waals surface area contributed by atoms with Gasteiger partial charge in [-0.05, 0) is 6.92 Å². The second-order valence-electron chi connectivity index (χ2n) is 2.08. The third kappa shape index (κ3) is 1.34. The van der Waals surface area contributed by atoms with E-state index in [4.69, 9.17) is 15.3 Å². The van der Waals surface area contributed by atoms with E-state index in [1.807, 2.05) is 0 Å². The van der Waals surface area contributed by atoms with Crippen molar-refractivity contribution in [1.29, 1.82) is 0 Å². The molecule has 56 valence electrons. The van der Waals surface area contributed by atoms with Crippen molar-refractivity contribution in [2.45, 2.75) is 13.0 Å². The zero-order valence-electron chi connectivity index (χ0n) is 5.74. The Morgan fingerprint density at radius 3 is 3.00 bits per heavy atom. The minimum atomic E-state index is -0.770. The van der Waals surface area contributed by atoms with Crippen LogP contribution in [0, 0.1) is 6.92 Å². The van der Waals surface area contributed by atoms with E-state index < -0.39 is 6.10 Å². The number of hydrogen-bond donors (Lipinski definition) is 2. The van der Waals surface area contributed by atoms with Crippen molar-refractivity contribution >= 4 is 0 Å². The van der Waals surface area contributed by atoms with Crippen LogP contribution >= 0.6 is 0 Å². The number of nitrogens with zero attached hydrogens (tertiary/aromatic N) is 1. The zero-order valence-corrected chi connectivity index (χ0v) is 5.74. The molecule has 0 aromatic carbocycles. The van der Waals surface area contributed by atoms with Crippen LogP contribution in [0.15, 0.2) is 10.7 Å². The topological polar surface area (TPSA) is 72.3 Å². The van der Waals surface area contributed by atoms with Crippen LogP contribution in [0.25, 0.3) is 0 Å².